The summed E-state index contributed by atoms with van der Waals surface area (Å²) in [5, 5.41) is 11.0. The van der Waals surface area contributed by atoms with Gasteiger partial charge in [-0.05, 0) is 43.7 Å². The molecule has 2 aromatic rings. The summed E-state index contributed by atoms with van der Waals surface area (Å²) in [5.74, 6) is 0.399. The van der Waals surface area contributed by atoms with Gasteiger partial charge in [0.15, 0.2) is 0 Å². The molecule has 0 spiro atoms. The fraction of sp³-hybridized carbons (Fsp3) is 0.500. The molecule has 1 N–H and O–H groups in total. The maximum Gasteiger partial charge on any atom is 0.226 e. The Morgan fingerprint density at radius 2 is 2.14 bits per heavy atom. The summed E-state index contributed by atoms with van der Waals surface area (Å²) < 4.78 is 5.65. The Labute approximate surface area is 130 Å². The molecule has 1 aromatic carbocycles. The van der Waals surface area contributed by atoms with E-state index in [9.17, 15) is 9.90 Å². The number of fused-ring (bicyclic) bond motifs is 1. The average molecular weight is 301 g/mol. The molecular formula is C18H23NO3. The van der Waals surface area contributed by atoms with Crippen LogP contribution in [0.4, 0.5) is 0 Å². The molecule has 1 atom stereocenters. The number of furan rings is 1. The van der Waals surface area contributed by atoms with Crippen LogP contribution in [0, 0.1) is 19.8 Å². The number of aryl methyl sites for hydroxylation is 2. The van der Waals surface area contributed by atoms with Crippen molar-refractivity contribution in [3.8, 4) is 0 Å². The van der Waals surface area contributed by atoms with Gasteiger partial charge in [-0.2, -0.15) is 0 Å². The predicted molar refractivity (Wildman–Crippen MR) is 85.8 cm³/mol. The van der Waals surface area contributed by atoms with Crippen LogP contribution in [0.5, 0.6) is 0 Å². The van der Waals surface area contributed by atoms with Gasteiger partial charge < -0.3 is 14.4 Å². The van der Waals surface area contributed by atoms with Gasteiger partial charge in [0.25, 0.3) is 0 Å². The summed E-state index contributed by atoms with van der Waals surface area (Å²) in [6.45, 7) is 4.50. The van der Waals surface area contributed by atoms with E-state index in [1.165, 1.54) is 5.56 Å². The lowest BCUT2D eigenvalue weighted by atomic mass is 10.0. The van der Waals surface area contributed by atoms with Crippen LogP contribution < -0.4 is 0 Å². The van der Waals surface area contributed by atoms with Crippen LogP contribution in [-0.4, -0.2) is 35.6 Å². The zero-order valence-corrected chi connectivity index (χ0v) is 13.4. The molecule has 0 saturated heterocycles. The van der Waals surface area contributed by atoms with E-state index in [0.717, 1.165) is 34.9 Å². The van der Waals surface area contributed by atoms with Crippen molar-refractivity contribution in [1.82, 2.24) is 4.90 Å². The Kier molecular flexibility index (Phi) is 3.96. The third kappa shape index (κ3) is 2.88. The summed E-state index contributed by atoms with van der Waals surface area (Å²) in [5.41, 5.74) is 4.08. The highest BCUT2D eigenvalue weighted by atomic mass is 16.3. The van der Waals surface area contributed by atoms with E-state index in [2.05, 4.69) is 13.0 Å². The van der Waals surface area contributed by atoms with Gasteiger partial charge in [0.2, 0.25) is 5.91 Å². The lowest BCUT2D eigenvalue weighted by Gasteiger charge is -2.20. The number of hydrogen-bond donors (Lipinski definition) is 1. The molecule has 1 unspecified atom stereocenters. The van der Waals surface area contributed by atoms with E-state index in [1.807, 2.05) is 13.0 Å². The fourth-order valence-electron chi connectivity index (χ4n) is 2.84. The Morgan fingerprint density at radius 3 is 2.82 bits per heavy atom. The lowest BCUT2D eigenvalue weighted by Crippen LogP contribution is -2.36. The van der Waals surface area contributed by atoms with Crippen molar-refractivity contribution in [3.63, 3.8) is 0 Å². The summed E-state index contributed by atoms with van der Waals surface area (Å²) >= 11 is 0. The molecule has 1 heterocycles. The van der Waals surface area contributed by atoms with Crippen LogP contribution in [-0.2, 0) is 11.2 Å². The van der Waals surface area contributed by atoms with Gasteiger partial charge in [-0.3, -0.25) is 4.79 Å². The maximum atomic E-state index is 12.4. The topological polar surface area (TPSA) is 53.7 Å². The highest BCUT2D eigenvalue weighted by Crippen LogP contribution is 2.33. The standard InChI is InChI=1S/C18H23NO3/c1-11-4-7-15-14(10-22-18(15)12(11)2)8-17(21)19(3)9-16(20)13-5-6-13/h4,7,10,13,16,20H,5-6,8-9H2,1-3H3. The number of rotatable bonds is 5. The third-order valence-corrected chi connectivity index (χ3v) is 4.74. The number of aliphatic hydroxyl groups excluding tert-OH is 1. The van der Waals surface area contributed by atoms with E-state index >= 15 is 0 Å². The molecule has 1 aliphatic rings. The summed E-state index contributed by atoms with van der Waals surface area (Å²) in [4.78, 5) is 14.0. The number of hydrogen-bond acceptors (Lipinski definition) is 3. The molecule has 3 rings (SSSR count). The van der Waals surface area contributed by atoms with Crippen molar-refractivity contribution in [1.29, 1.82) is 0 Å². The minimum absolute atomic E-state index is 0.0145. The molecule has 1 amide bonds. The molecule has 0 aliphatic heterocycles. The van der Waals surface area contributed by atoms with Crippen LogP contribution in [0.3, 0.4) is 0 Å². The van der Waals surface area contributed by atoms with Crippen molar-refractivity contribution in [3.05, 3.63) is 35.1 Å². The second-order valence-corrected chi connectivity index (χ2v) is 6.50. The van der Waals surface area contributed by atoms with Crippen LogP contribution in [0.15, 0.2) is 22.8 Å². The Bertz CT molecular complexity index is 700. The van der Waals surface area contributed by atoms with E-state index in [4.69, 9.17) is 4.42 Å². The third-order valence-electron chi connectivity index (χ3n) is 4.74. The SMILES string of the molecule is Cc1ccc2c(CC(=O)N(C)CC(O)C3CC3)coc2c1C. The molecule has 0 radical (unpaired) electrons. The first-order valence-corrected chi connectivity index (χ1v) is 7.85. The van der Waals surface area contributed by atoms with Crippen LogP contribution in [0.1, 0.15) is 29.5 Å². The molecule has 1 saturated carbocycles. The van der Waals surface area contributed by atoms with Crippen LogP contribution >= 0.6 is 0 Å². The number of benzene rings is 1. The molecule has 0 bridgehead atoms. The zero-order valence-electron chi connectivity index (χ0n) is 13.4. The number of carbonyl (C=O) groups excluding carboxylic acids is 1. The van der Waals surface area contributed by atoms with E-state index in [0.29, 0.717) is 18.9 Å². The van der Waals surface area contributed by atoms with Gasteiger partial charge in [-0.15, -0.1) is 0 Å². The second kappa shape index (κ2) is 5.76. The first kappa shape index (κ1) is 15.1. The Morgan fingerprint density at radius 1 is 1.41 bits per heavy atom. The van der Waals surface area contributed by atoms with Gasteiger partial charge in [-0.25, -0.2) is 0 Å². The normalized spacial score (nSPS) is 16.0. The van der Waals surface area contributed by atoms with E-state index in [-0.39, 0.29) is 12.0 Å². The first-order chi connectivity index (χ1) is 10.5. The monoisotopic (exact) mass is 301 g/mol. The van der Waals surface area contributed by atoms with Gasteiger partial charge in [0.05, 0.1) is 18.8 Å². The highest BCUT2D eigenvalue weighted by Gasteiger charge is 2.31. The minimum atomic E-state index is -0.389. The summed E-state index contributed by atoms with van der Waals surface area (Å²) in [6.07, 6.45) is 3.76. The van der Waals surface area contributed by atoms with Gasteiger partial charge in [0, 0.05) is 24.5 Å². The number of nitrogens with zero attached hydrogens (tertiary/aromatic N) is 1. The number of aliphatic hydroxyl groups is 1. The van der Waals surface area contributed by atoms with Crippen LogP contribution in [0.25, 0.3) is 11.0 Å². The summed E-state index contributed by atoms with van der Waals surface area (Å²) in [7, 11) is 1.76. The molecule has 118 valence electrons. The number of amides is 1. The molecule has 4 nitrogen and oxygen atoms in total. The van der Waals surface area contributed by atoms with E-state index in [1.54, 1.807) is 18.2 Å². The first-order valence-electron chi connectivity index (χ1n) is 7.85. The quantitative estimate of drug-likeness (QED) is 0.924. The molecule has 4 heteroatoms. The van der Waals surface area contributed by atoms with Crippen molar-refractivity contribution in [2.24, 2.45) is 5.92 Å². The number of likely N-dealkylation sites (N-methyl/N-ethyl adjacent to an activating group) is 1. The smallest absolute Gasteiger partial charge is 0.226 e. The number of carbonyl (C=O) groups is 1. The molecular weight excluding hydrogens is 278 g/mol. The van der Waals surface area contributed by atoms with Crippen molar-refractivity contribution in [2.45, 2.75) is 39.2 Å². The Hall–Kier alpha value is -1.81. The van der Waals surface area contributed by atoms with E-state index < -0.39 is 0 Å². The molecule has 1 aromatic heterocycles. The van der Waals surface area contributed by atoms with Crippen molar-refractivity contribution < 1.29 is 14.3 Å². The van der Waals surface area contributed by atoms with Gasteiger partial charge in [0.1, 0.15) is 5.58 Å². The highest BCUT2D eigenvalue weighted by molar-refractivity contribution is 5.89. The molecule has 1 fully saturated rings. The summed E-state index contributed by atoms with van der Waals surface area (Å²) in [6, 6.07) is 4.07. The molecule has 22 heavy (non-hydrogen) atoms. The van der Waals surface area contributed by atoms with Crippen molar-refractivity contribution in [2.75, 3.05) is 13.6 Å². The lowest BCUT2D eigenvalue weighted by molar-refractivity contribution is -0.130. The van der Waals surface area contributed by atoms with Gasteiger partial charge in [-0.1, -0.05) is 12.1 Å². The molecule has 1 aliphatic carbocycles. The predicted octanol–water partition coefficient (Wildman–Crippen LogP) is 2.82. The van der Waals surface area contributed by atoms with Crippen molar-refractivity contribution >= 4 is 16.9 Å². The average Bonchev–Trinajstić information content (AvgIpc) is 3.26. The minimum Gasteiger partial charge on any atom is -0.464 e. The Balaban J connectivity index is 1.72. The van der Waals surface area contributed by atoms with Gasteiger partial charge >= 0.3 is 0 Å². The maximum absolute atomic E-state index is 12.4. The zero-order chi connectivity index (χ0) is 15.9. The van der Waals surface area contributed by atoms with Crippen LogP contribution in [0.2, 0.25) is 0 Å². The second-order valence-electron chi connectivity index (χ2n) is 6.50. The fourth-order valence-corrected chi connectivity index (χ4v) is 2.84. The largest absolute Gasteiger partial charge is 0.464 e.